The summed E-state index contributed by atoms with van der Waals surface area (Å²) in [7, 11) is 0. The van der Waals surface area contributed by atoms with E-state index in [4.69, 9.17) is 16.9 Å². The molecule has 0 spiro atoms. The van der Waals surface area contributed by atoms with Crippen molar-refractivity contribution in [1.82, 2.24) is 4.57 Å². The van der Waals surface area contributed by atoms with Crippen molar-refractivity contribution in [2.24, 2.45) is 0 Å². The first-order valence-corrected chi connectivity index (χ1v) is 9.09. The molecule has 1 aromatic heterocycles. The molecule has 0 saturated heterocycles. The van der Waals surface area contributed by atoms with Gasteiger partial charge in [-0.3, -0.25) is 0 Å². The summed E-state index contributed by atoms with van der Waals surface area (Å²) in [5.74, 6) is 0. The number of aryl methyl sites for hydroxylation is 1. The fraction of sp³-hybridized carbons (Fsp3) is 0.0417. The van der Waals surface area contributed by atoms with E-state index in [1.807, 2.05) is 54.6 Å². The lowest BCUT2D eigenvalue weighted by molar-refractivity contribution is 1.07. The van der Waals surface area contributed by atoms with Crippen LogP contribution in [0.15, 0.2) is 84.9 Å². The van der Waals surface area contributed by atoms with Gasteiger partial charge in [-0.15, -0.1) is 0 Å². The Bertz CT molecular complexity index is 1130. The largest absolute Gasteiger partial charge is 0.309 e. The van der Waals surface area contributed by atoms with Crippen molar-refractivity contribution in [3.05, 3.63) is 101 Å². The number of para-hydroxylation sites is 1. The van der Waals surface area contributed by atoms with Crippen LogP contribution in [-0.4, -0.2) is 4.57 Å². The van der Waals surface area contributed by atoms with Crippen LogP contribution < -0.4 is 0 Å². The Balaban J connectivity index is 1.96. The van der Waals surface area contributed by atoms with Crippen molar-refractivity contribution in [3.8, 4) is 34.3 Å². The predicted octanol–water partition coefficient (Wildman–Crippen LogP) is 6.64. The lowest BCUT2D eigenvalue weighted by atomic mass is 10.1. The monoisotopic (exact) mass is 368 g/mol. The normalized spacial score (nSPS) is 10.6. The molecule has 27 heavy (non-hydrogen) atoms. The fourth-order valence-electron chi connectivity index (χ4n) is 3.30. The van der Waals surface area contributed by atoms with Crippen LogP contribution >= 0.6 is 11.6 Å². The minimum Gasteiger partial charge on any atom is -0.309 e. The fourth-order valence-corrected chi connectivity index (χ4v) is 3.42. The quantitative estimate of drug-likeness (QED) is 0.398. The van der Waals surface area contributed by atoms with E-state index in [0.29, 0.717) is 5.56 Å². The molecular weight excluding hydrogens is 352 g/mol. The van der Waals surface area contributed by atoms with Crippen LogP contribution in [0.4, 0.5) is 0 Å². The summed E-state index contributed by atoms with van der Waals surface area (Å²) in [5, 5.41) is 9.80. The van der Waals surface area contributed by atoms with Gasteiger partial charge in [-0.25, -0.2) is 0 Å². The van der Waals surface area contributed by atoms with E-state index in [2.05, 4.69) is 47.9 Å². The van der Waals surface area contributed by atoms with Crippen molar-refractivity contribution < 1.29 is 0 Å². The molecule has 4 rings (SSSR count). The maximum atomic E-state index is 9.08. The molecule has 0 N–H and O–H groups in total. The first-order valence-electron chi connectivity index (χ1n) is 8.71. The molecule has 3 aromatic carbocycles. The summed E-state index contributed by atoms with van der Waals surface area (Å²) in [6, 6.07) is 30.4. The van der Waals surface area contributed by atoms with E-state index in [9.17, 15) is 0 Å². The number of hydrogen-bond donors (Lipinski definition) is 0. The van der Waals surface area contributed by atoms with Gasteiger partial charge in [0.1, 0.15) is 0 Å². The average Bonchev–Trinajstić information content (AvgIpc) is 3.14. The van der Waals surface area contributed by atoms with Gasteiger partial charge in [0, 0.05) is 10.7 Å². The Morgan fingerprint density at radius 1 is 0.741 bits per heavy atom. The highest BCUT2D eigenvalue weighted by Gasteiger charge is 2.15. The molecule has 3 heteroatoms. The molecule has 0 amide bonds. The zero-order valence-corrected chi connectivity index (χ0v) is 15.6. The van der Waals surface area contributed by atoms with Crippen LogP contribution in [0.1, 0.15) is 11.1 Å². The molecule has 2 nitrogen and oxygen atoms in total. The van der Waals surface area contributed by atoms with Crippen molar-refractivity contribution in [2.75, 3.05) is 0 Å². The Labute approximate surface area is 163 Å². The molecule has 0 aliphatic heterocycles. The second-order valence-electron chi connectivity index (χ2n) is 6.42. The molecule has 0 aliphatic carbocycles. The van der Waals surface area contributed by atoms with Crippen LogP contribution in [0.3, 0.4) is 0 Å². The molecule has 0 radical (unpaired) electrons. The van der Waals surface area contributed by atoms with Crippen molar-refractivity contribution in [3.63, 3.8) is 0 Å². The Hall–Kier alpha value is -3.28. The average molecular weight is 369 g/mol. The predicted molar refractivity (Wildman–Crippen MR) is 111 cm³/mol. The zero-order chi connectivity index (χ0) is 18.8. The van der Waals surface area contributed by atoms with Gasteiger partial charge in [-0.2, -0.15) is 5.26 Å². The van der Waals surface area contributed by atoms with Crippen molar-refractivity contribution in [2.45, 2.75) is 6.92 Å². The molecule has 0 fully saturated rings. The summed E-state index contributed by atoms with van der Waals surface area (Å²) in [6.45, 7) is 2.11. The first-order chi connectivity index (χ1) is 13.2. The van der Waals surface area contributed by atoms with E-state index in [1.54, 1.807) is 0 Å². The molecule has 4 aromatic rings. The maximum Gasteiger partial charge on any atom is 0.0991 e. The lowest BCUT2D eigenvalue weighted by Gasteiger charge is -2.16. The highest BCUT2D eigenvalue weighted by Crippen LogP contribution is 2.34. The highest BCUT2D eigenvalue weighted by atomic mass is 35.5. The van der Waals surface area contributed by atoms with E-state index < -0.39 is 0 Å². The molecule has 0 bridgehead atoms. The van der Waals surface area contributed by atoms with E-state index in [-0.39, 0.29) is 0 Å². The summed E-state index contributed by atoms with van der Waals surface area (Å²) < 4.78 is 2.26. The molecule has 0 saturated carbocycles. The highest BCUT2D eigenvalue weighted by molar-refractivity contribution is 6.30. The van der Waals surface area contributed by atoms with Gasteiger partial charge in [-0.1, -0.05) is 54.1 Å². The summed E-state index contributed by atoms with van der Waals surface area (Å²) in [6.07, 6.45) is 0. The van der Waals surface area contributed by atoms with Crippen molar-refractivity contribution >= 4 is 11.6 Å². The van der Waals surface area contributed by atoms with Crippen molar-refractivity contribution in [1.29, 1.82) is 5.26 Å². The number of nitriles is 1. The van der Waals surface area contributed by atoms with Gasteiger partial charge in [0.2, 0.25) is 0 Å². The van der Waals surface area contributed by atoms with E-state index >= 15 is 0 Å². The van der Waals surface area contributed by atoms with Gasteiger partial charge in [0.15, 0.2) is 0 Å². The number of hydrogen-bond acceptors (Lipinski definition) is 1. The minimum atomic E-state index is 0.658. The van der Waals surface area contributed by atoms with Gasteiger partial charge in [0.25, 0.3) is 0 Å². The first kappa shape index (κ1) is 17.1. The molecule has 130 valence electrons. The van der Waals surface area contributed by atoms with Crippen LogP contribution in [0.2, 0.25) is 5.02 Å². The van der Waals surface area contributed by atoms with Crippen LogP contribution in [0.5, 0.6) is 0 Å². The Kier molecular flexibility index (Phi) is 4.54. The van der Waals surface area contributed by atoms with Crippen LogP contribution in [0.25, 0.3) is 28.2 Å². The van der Waals surface area contributed by atoms with Crippen LogP contribution in [0, 0.1) is 18.3 Å². The molecule has 1 heterocycles. The second-order valence-corrected chi connectivity index (χ2v) is 6.86. The third kappa shape index (κ3) is 3.26. The molecular formula is C24H17ClN2. The van der Waals surface area contributed by atoms with Crippen LogP contribution in [-0.2, 0) is 0 Å². The Morgan fingerprint density at radius 2 is 1.30 bits per heavy atom. The summed E-state index contributed by atoms with van der Waals surface area (Å²) in [5.41, 5.74) is 7.33. The van der Waals surface area contributed by atoms with E-state index in [0.717, 1.165) is 33.2 Å². The van der Waals surface area contributed by atoms with E-state index in [1.165, 1.54) is 5.56 Å². The van der Waals surface area contributed by atoms with Gasteiger partial charge in [-0.05, 0) is 66.1 Å². The third-order valence-electron chi connectivity index (χ3n) is 4.69. The number of benzene rings is 3. The third-order valence-corrected chi connectivity index (χ3v) is 4.94. The Morgan fingerprint density at radius 3 is 1.85 bits per heavy atom. The smallest absolute Gasteiger partial charge is 0.0991 e. The molecule has 0 atom stereocenters. The van der Waals surface area contributed by atoms with Gasteiger partial charge >= 0.3 is 0 Å². The number of rotatable bonds is 3. The summed E-state index contributed by atoms with van der Waals surface area (Å²) >= 11 is 6.08. The number of aromatic nitrogens is 1. The summed E-state index contributed by atoms with van der Waals surface area (Å²) in [4.78, 5) is 0. The molecule has 0 aliphatic rings. The van der Waals surface area contributed by atoms with Gasteiger partial charge in [0.05, 0.1) is 23.0 Å². The maximum absolute atomic E-state index is 9.08. The number of nitrogens with zero attached hydrogens (tertiary/aromatic N) is 2. The standard InChI is InChI=1S/C24H17ClN2/c1-17-4-2-3-5-22(17)27-23(19-8-6-18(16-26)7-9-19)14-15-24(27)20-10-12-21(25)13-11-20/h2-15H,1H3. The lowest BCUT2D eigenvalue weighted by Crippen LogP contribution is -2.01. The SMILES string of the molecule is Cc1ccccc1-n1c(-c2ccc(Cl)cc2)ccc1-c1ccc(C#N)cc1. The minimum absolute atomic E-state index is 0.658. The second kappa shape index (κ2) is 7.15. The number of halogens is 1. The zero-order valence-electron chi connectivity index (χ0n) is 14.9. The topological polar surface area (TPSA) is 28.7 Å². The molecule has 0 unspecified atom stereocenters. The van der Waals surface area contributed by atoms with Gasteiger partial charge < -0.3 is 4.57 Å².